The fourth-order valence-corrected chi connectivity index (χ4v) is 1.39. The van der Waals surface area contributed by atoms with Crippen LogP contribution in [-0.2, 0) is 10.2 Å². The lowest BCUT2D eigenvalue weighted by molar-refractivity contribution is 0.211. The van der Waals surface area contributed by atoms with Crippen LogP contribution >= 0.6 is 0 Å². The van der Waals surface area contributed by atoms with Crippen LogP contribution in [0.1, 0.15) is 26.3 Å². The Balaban J connectivity index is 2.57. The van der Waals surface area contributed by atoms with E-state index in [1.54, 1.807) is 7.11 Å². The zero-order chi connectivity index (χ0) is 11.3. The Morgan fingerprint density at radius 3 is 2.20 bits per heavy atom. The molecule has 2 nitrogen and oxygen atoms in total. The van der Waals surface area contributed by atoms with Crippen molar-refractivity contribution in [1.29, 1.82) is 0 Å². The van der Waals surface area contributed by atoms with Gasteiger partial charge in [-0.2, -0.15) is 0 Å². The topological polar surface area (TPSA) is 21.3 Å². The van der Waals surface area contributed by atoms with Crippen molar-refractivity contribution in [2.24, 2.45) is 0 Å². The summed E-state index contributed by atoms with van der Waals surface area (Å²) in [6.45, 7) is 8.26. The summed E-state index contributed by atoms with van der Waals surface area (Å²) in [6, 6.07) is 8.59. The van der Waals surface area contributed by atoms with E-state index in [1.165, 1.54) is 5.56 Å². The molecule has 84 valence electrons. The summed E-state index contributed by atoms with van der Waals surface area (Å²) in [5.74, 6) is 0. The Kier molecular flexibility index (Phi) is 4.15. The van der Waals surface area contributed by atoms with E-state index in [9.17, 15) is 0 Å². The van der Waals surface area contributed by atoms with Crippen molar-refractivity contribution in [3.8, 4) is 0 Å². The Morgan fingerprint density at radius 1 is 1.13 bits per heavy atom. The Labute approximate surface area is 92.6 Å². The third-order valence-electron chi connectivity index (χ3n) is 2.39. The number of nitrogens with one attached hydrogen (secondary N) is 1. The van der Waals surface area contributed by atoms with Crippen LogP contribution in [0.3, 0.4) is 0 Å². The molecule has 1 aromatic carbocycles. The van der Waals surface area contributed by atoms with Crippen molar-refractivity contribution in [2.45, 2.75) is 26.2 Å². The van der Waals surface area contributed by atoms with Crippen LogP contribution in [0.5, 0.6) is 0 Å². The monoisotopic (exact) mass is 207 g/mol. The van der Waals surface area contributed by atoms with Gasteiger partial charge in [-0.05, 0) is 23.1 Å². The molecule has 15 heavy (non-hydrogen) atoms. The van der Waals surface area contributed by atoms with Crippen molar-refractivity contribution in [2.75, 3.05) is 25.6 Å². The molecule has 1 N–H and O–H groups in total. The van der Waals surface area contributed by atoms with E-state index in [4.69, 9.17) is 4.74 Å². The van der Waals surface area contributed by atoms with Gasteiger partial charge in [-0.25, -0.2) is 0 Å². The molecule has 0 aliphatic heterocycles. The second-order valence-electron chi connectivity index (χ2n) is 4.75. The van der Waals surface area contributed by atoms with Crippen LogP contribution in [-0.4, -0.2) is 20.3 Å². The molecular formula is C13H21NO. The third-order valence-corrected chi connectivity index (χ3v) is 2.39. The zero-order valence-corrected chi connectivity index (χ0v) is 10.1. The highest BCUT2D eigenvalue weighted by atomic mass is 16.5. The van der Waals surface area contributed by atoms with Gasteiger partial charge in [-0.15, -0.1) is 0 Å². The molecular weight excluding hydrogens is 186 g/mol. The van der Waals surface area contributed by atoms with Crippen molar-refractivity contribution in [3.05, 3.63) is 29.8 Å². The molecule has 0 radical (unpaired) electrons. The summed E-state index contributed by atoms with van der Waals surface area (Å²) in [4.78, 5) is 0. The van der Waals surface area contributed by atoms with E-state index < -0.39 is 0 Å². The number of hydrogen-bond acceptors (Lipinski definition) is 2. The normalized spacial score (nSPS) is 11.5. The Bertz CT molecular complexity index is 284. The van der Waals surface area contributed by atoms with Gasteiger partial charge in [0, 0.05) is 19.3 Å². The molecule has 0 bridgehead atoms. The van der Waals surface area contributed by atoms with Gasteiger partial charge in [0.2, 0.25) is 0 Å². The van der Waals surface area contributed by atoms with Crippen LogP contribution in [0.2, 0.25) is 0 Å². The molecule has 0 aliphatic rings. The highest BCUT2D eigenvalue weighted by molar-refractivity contribution is 5.45. The maximum atomic E-state index is 4.98. The lowest BCUT2D eigenvalue weighted by Crippen LogP contribution is -2.11. The molecule has 0 amide bonds. The van der Waals surface area contributed by atoms with E-state index in [0.717, 1.165) is 18.8 Å². The average molecular weight is 207 g/mol. The van der Waals surface area contributed by atoms with Crippen LogP contribution in [0, 0.1) is 0 Å². The van der Waals surface area contributed by atoms with E-state index in [1.807, 2.05) is 0 Å². The largest absolute Gasteiger partial charge is 0.383 e. The van der Waals surface area contributed by atoms with Crippen LogP contribution < -0.4 is 5.32 Å². The summed E-state index contributed by atoms with van der Waals surface area (Å²) in [5.41, 5.74) is 2.74. The van der Waals surface area contributed by atoms with Crippen LogP contribution in [0.25, 0.3) is 0 Å². The Morgan fingerprint density at radius 2 is 1.73 bits per heavy atom. The van der Waals surface area contributed by atoms with Crippen molar-refractivity contribution in [3.63, 3.8) is 0 Å². The fraction of sp³-hybridized carbons (Fsp3) is 0.538. The van der Waals surface area contributed by atoms with Crippen LogP contribution in [0.15, 0.2) is 24.3 Å². The number of methoxy groups -OCH3 is 1. The first kappa shape index (κ1) is 12.1. The molecule has 1 rings (SSSR count). The van der Waals surface area contributed by atoms with E-state index in [-0.39, 0.29) is 5.41 Å². The summed E-state index contributed by atoms with van der Waals surface area (Å²) in [7, 11) is 1.71. The van der Waals surface area contributed by atoms with Gasteiger partial charge in [-0.1, -0.05) is 32.9 Å². The van der Waals surface area contributed by atoms with Crippen molar-refractivity contribution in [1.82, 2.24) is 0 Å². The number of benzene rings is 1. The standard InChI is InChI=1S/C13H21NO/c1-13(2,3)11-5-7-12(8-6-11)14-9-10-15-4/h5-8,14H,9-10H2,1-4H3. The fourth-order valence-electron chi connectivity index (χ4n) is 1.39. The lowest BCUT2D eigenvalue weighted by atomic mass is 9.87. The molecule has 2 heteroatoms. The van der Waals surface area contributed by atoms with Crippen LogP contribution in [0.4, 0.5) is 5.69 Å². The molecule has 0 unspecified atom stereocenters. The first-order valence-corrected chi connectivity index (χ1v) is 5.37. The SMILES string of the molecule is COCCNc1ccc(C(C)(C)C)cc1. The first-order valence-electron chi connectivity index (χ1n) is 5.37. The molecule has 0 fully saturated rings. The zero-order valence-electron chi connectivity index (χ0n) is 10.1. The minimum absolute atomic E-state index is 0.227. The number of hydrogen-bond donors (Lipinski definition) is 1. The minimum atomic E-state index is 0.227. The second-order valence-corrected chi connectivity index (χ2v) is 4.75. The Hall–Kier alpha value is -1.02. The van der Waals surface area contributed by atoms with Gasteiger partial charge in [-0.3, -0.25) is 0 Å². The second kappa shape index (κ2) is 5.17. The minimum Gasteiger partial charge on any atom is -0.383 e. The van der Waals surface area contributed by atoms with Crippen molar-refractivity contribution < 1.29 is 4.74 Å². The van der Waals surface area contributed by atoms with E-state index in [2.05, 4.69) is 50.4 Å². The van der Waals surface area contributed by atoms with Gasteiger partial charge in [0.1, 0.15) is 0 Å². The summed E-state index contributed by atoms with van der Waals surface area (Å²) >= 11 is 0. The quantitative estimate of drug-likeness (QED) is 0.766. The number of rotatable bonds is 4. The molecule has 1 aromatic rings. The van der Waals surface area contributed by atoms with Crippen molar-refractivity contribution >= 4 is 5.69 Å². The van der Waals surface area contributed by atoms with E-state index >= 15 is 0 Å². The summed E-state index contributed by atoms with van der Waals surface area (Å²) in [6.07, 6.45) is 0. The summed E-state index contributed by atoms with van der Waals surface area (Å²) in [5, 5.41) is 3.30. The molecule has 0 spiro atoms. The third kappa shape index (κ3) is 3.92. The molecule has 0 atom stereocenters. The van der Waals surface area contributed by atoms with Gasteiger partial charge in [0.25, 0.3) is 0 Å². The van der Waals surface area contributed by atoms with Gasteiger partial charge in [0.05, 0.1) is 6.61 Å². The molecule has 0 aromatic heterocycles. The first-order chi connectivity index (χ1) is 7.04. The molecule has 0 heterocycles. The maximum absolute atomic E-state index is 4.98. The predicted molar refractivity (Wildman–Crippen MR) is 65.5 cm³/mol. The number of ether oxygens (including phenoxy) is 1. The maximum Gasteiger partial charge on any atom is 0.0635 e. The lowest BCUT2D eigenvalue weighted by Gasteiger charge is -2.19. The highest BCUT2D eigenvalue weighted by Crippen LogP contribution is 2.23. The van der Waals surface area contributed by atoms with Gasteiger partial charge in [0.15, 0.2) is 0 Å². The molecule has 0 saturated carbocycles. The number of anilines is 1. The van der Waals surface area contributed by atoms with Gasteiger partial charge >= 0.3 is 0 Å². The van der Waals surface area contributed by atoms with E-state index in [0.29, 0.717) is 0 Å². The smallest absolute Gasteiger partial charge is 0.0635 e. The molecule has 0 saturated heterocycles. The molecule has 0 aliphatic carbocycles. The predicted octanol–water partition coefficient (Wildman–Crippen LogP) is 3.04. The highest BCUT2D eigenvalue weighted by Gasteiger charge is 2.12. The van der Waals surface area contributed by atoms with Gasteiger partial charge < -0.3 is 10.1 Å². The summed E-state index contributed by atoms with van der Waals surface area (Å²) < 4.78 is 4.98. The average Bonchev–Trinajstić information content (AvgIpc) is 2.18.